The Labute approximate surface area is 180 Å². The van der Waals surface area contributed by atoms with Gasteiger partial charge in [-0.2, -0.15) is 0 Å². The minimum absolute atomic E-state index is 0.225. The Kier molecular flexibility index (Phi) is 21.7. The summed E-state index contributed by atoms with van der Waals surface area (Å²) in [5, 5.41) is 0. The van der Waals surface area contributed by atoms with Gasteiger partial charge in [0.15, 0.2) is 5.78 Å². The summed E-state index contributed by atoms with van der Waals surface area (Å²) < 4.78 is 0. The summed E-state index contributed by atoms with van der Waals surface area (Å²) in [6, 6.07) is 7.68. The van der Waals surface area contributed by atoms with Gasteiger partial charge in [-0.15, -0.1) is 39.5 Å². The minimum atomic E-state index is 0.225. The molecule has 2 aliphatic carbocycles. The number of hydrogen-bond donors (Lipinski definition) is 0. The summed E-state index contributed by atoms with van der Waals surface area (Å²) in [5.41, 5.74) is 1.90. The maximum Gasteiger partial charge on any atom is 0.167 e. The van der Waals surface area contributed by atoms with Gasteiger partial charge in [-0.1, -0.05) is 94.0 Å². The number of carbonyl (C=O) groups is 1. The molecular formula is C28H42O. The van der Waals surface area contributed by atoms with E-state index in [-0.39, 0.29) is 5.78 Å². The van der Waals surface area contributed by atoms with Crippen LogP contribution in [0.4, 0.5) is 0 Å². The third-order valence-electron chi connectivity index (χ3n) is 4.63. The standard InChI is InChI=1S/C10H8O.C10H18.C4H8.2C2H4/c11-10-7-3-5-8-4-1-2-6-9(8)10;1-2-7-10-8-5-3-4-6-9-10;1-3-4-2;2*1-2/h1-6H,7H2;2,10H,1,3-9H2;3H,1,4H2,2H3;2*1-2H2. The van der Waals surface area contributed by atoms with Crippen LogP contribution < -0.4 is 0 Å². The van der Waals surface area contributed by atoms with Crippen LogP contribution in [0.1, 0.15) is 80.6 Å². The summed E-state index contributed by atoms with van der Waals surface area (Å²) in [7, 11) is 0. The molecule has 0 amide bonds. The molecule has 29 heavy (non-hydrogen) atoms. The number of rotatable bonds is 3. The van der Waals surface area contributed by atoms with Crippen LogP contribution in [0.25, 0.3) is 6.08 Å². The smallest absolute Gasteiger partial charge is 0.167 e. The molecule has 0 aromatic heterocycles. The molecule has 0 saturated heterocycles. The largest absolute Gasteiger partial charge is 0.294 e. The Bertz CT molecular complexity index is 572. The highest BCUT2D eigenvalue weighted by molar-refractivity contribution is 6.02. The second-order valence-electron chi connectivity index (χ2n) is 6.70. The van der Waals surface area contributed by atoms with Crippen molar-refractivity contribution in [3.63, 3.8) is 0 Å². The normalized spacial score (nSPS) is 14.3. The summed E-state index contributed by atoms with van der Waals surface area (Å²) >= 11 is 0. The highest BCUT2D eigenvalue weighted by Gasteiger charge is 2.10. The average Bonchev–Trinajstić information content (AvgIpc) is 3.07. The van der Waals surface area contributed by atoms with Gasteiger partial charge in [0.25, 0.3) is 0 Å². The number of ketones is 1. The van der Waals surface area contributed by atoms with Crippen molar-refractivity contribution < 1.29 is 4.79 Å². The Morgan fingerprint density at radius 2 is 1.48 bits per heavy atom. The molecule has 2 aliphatic rings. The fourth-order valence-corrected chi connectivity index (χ4v) is 3.13. The van der Waals surface area contributed by atoms with Crippen LogP contribution in [0.3, 0.4) is 0 Å². The lowest BCUT2D eigenvalue weighted by Crippen LogP contribution is -2.02. The molecule has 0 atom stereocenters. The molecule has 0 bridgehead atoms. The fourth-order valence-electron chi connectivity index (χ4n) is 3.13. The van der Waals surface area contributed by atoms with Gasteiger partial charge in [0, 0.05) is 12.0 Å². The van der Waals surface area contributed by atoms with E-state index >= 15 is 0 Å². The van der Waals surface area contributed by atoms with E-state index in [1.54, 1.807) is 0 Å². The molecule has 1 saturated carbocycles. The van der Waals surface area contributed by atoms with Crippen LogP contribution in [0, 0.1) is 5.92 Å². The predicted molar refractivity (Wildman–Crippen MR) is 133 cm³/mol. The molecule has 0 N–H and O–H groups in total. The molecule has 0 radical (unpaired) electrons. The van der Waals surface area contributed by atoms with Crippen LogP contribution in [-0.2, 0) is 0 Å². The molecule has 3 rings (SSSR count). The lowest BCUT2D eigenvalue weighted by atomic mass is 9.97. The zero-order valence-corrected chi connectivity index (χ0v) is 18.7. The van der Waals surface area contributed by atoms with Crippen molar-refractivity contribution in [3.8, 4) is 0 Å². The van der Waals surface area contributed by atoms with Gasteiger partial charge in [-0.25, -0.2) is 0 Å². The molecule has 1 fully saturated rings. The van der Waals surface area contributed by atoms with E-state index in [0.29, 0.717) is 6.42 Å². The summed E-state index contributed by atoms with van der Waals surface area (Å²) in [5.74, 6) is 1.20. The molecule has 0 aliphatic heterocycles. The van der Waals surface area contributed by atoms with E-state index in [0.717, 1.165) is 23.5 Å². The monoisotopic (exact) mass is 394 g/mol. The van der Waals surface area contributed by atoms with Crippen LogP contribution in [0.15, 0.2) is 82.0 Å². The van der Waals surface area contributed by atoms with Crippen LogP contribution in [0.2, 0.25) is 0 Å². The van der Waals surface area contributed by atoms with Gasteiger partial charge < -0.3 is 0 Å². The molecule has 0 heterocycles. The molecule has 160 valence electrons. The number of benzene rings is 1. The molecule has 1 nitrogen and oxygen atoms in total. The maximum absolute atomic E-state index is 11.2. The fraction of sp³-hybridized carbons (Fsp3) is 0.393. The first-order chi connectivity index (χ1) is 14.2. The summed E-state index contributed by atoms with van der Waals surface area (Å²) in [4.78, 5) is 11.2. The zero-order chi connectivity index (χ0) is 22.3. The summed E-state index contributed by atoms with van der Waals surface area (Å²) in [6.07, 6.45) is 19.5. The van der Waals surface area contributed by atoms with Gasteiger partial charge in [-0.05, 0) is 24.3 Å². The maximum atomic E-state index is 11.2. The van der Waals surface area contributed by atoms with Crippen LogP contribution in [-0.4, -0.2) is 5.78 Å². The Hall–Kier alpha value is -2.41. The topological polar surface area (TPSA) is 17.1 Å². The van der Waals surface area contributed by atoms with Gasteiger partial charge in [0.1, 0.15) is 0 Å². The Balaban J connectivity index is 0. The third-order valence-corrected chi connectivity index (χ3v) is 4.63. The lowest BCUT2D eigenvalue weighted by Gasteiger charge is -2.09. The number of Topliss-reactive ketones (excluding diaryl/α,β-unsaturated/α-hetero) is 1. The second kappa shape index (κ2) is 21.9. The SMILES string of the molecule is C=C.C=C.C=CCC.C=CCC1CCCCCC1.O=C1CC=Cc2ccccc21. The Morgan fingerprint density at radius 3 is 1.97 bits per heavy atom. The number of carbonyl (C=O) groups excluding carboxylic acids is 1. The number of hydrogen-bond acceptors (Lipinski definition) is 1. The van der Waals surface area contributed by atoms with E-state index < -0.39 is 0 Å². The van der Waals surface area contributed by atoms with Gasteiger partial charge >= 0.3 is 0 Å². The average molecular weight is 395 g/mol. The first-order valence-electron chi connectivity index (χ1n) is 10.7. The second-order valence-corrected chi connectivity index (χ2v) is 6.70. The zero-order valence-electron chi connectivity index (χ0n) is 18.7. The highest BCUT2D eigenvalue weighted by atomic mass is 16.1. The van der Waals surface area contributed by atoms with E-state index in [1.165, 1.54) is 44.9 Å². The van der Waals surface area contributed by atoms with Crippen molar-refractivity contribution in [3.05, 3.63) is 93.1 Å². The number of allylic oxidation sites excluding steroid dienone is 3. The van der Waals surface area contributed by atoms with Crippen molar-refractivity contribution in [2.24, 2.45) is 5.92 Å². The first-order valence-corrected chi connectivity index (χ1v) is 10.7. The van der Waals surface area contributed by atoms with E-state index in [1.807, 2.05) is 42.5 Å². The third kappa shape index (κ3) is 14.3. The molecule has 1 aromatic carbocycles. The highest BCUT2D eigenvalue weighted by Crippen LogP contribution is 2.25. The van der Waals surface area contributed by atoms with Crippen molar-refractivity contribution in [1.29, 1.82) is 0 Å². The van der Waals surface area contributed by atoms with Crippen LogP contribution in [0.5, 0.6) is 0 Å². The summed E-state index contributed by atoms with van der Waals surface area (Å²) in [6.45, 7) is 21.3. The van der Waals surface area contributed by atoms with E-state index in [9.17, 15) is 4.79 Å². The number of fused-ring (bicyclic) bond motifs is 1. The molecular weight excluding hydrogens is 352 g/mol. The van der Waals surface area contributed by atoms with Gasteiger partial charge in [0.05, 0.1) is 0 Å². The molecule has 1 aromatic rings. The van der Waals surface area contributed by atoms with Gasteiger partial charge in [-0.3, -0.25) is 4.79 Å². The van der Waals surface area contributed by atoms with Crippen molar-refractivity contribution in [1.82, 2.24) is 0 Å². The Morgan fingerprint density at radius 1 is 0.931 bits per heavy atom. The van der Waals surface area contributed by atoms with Gasteiger partial charge in [0.2, 0.25) is 0 Å². The first kappa shape index (κ1) is 28.8. The van der Waals surface area contributed by atoms with E-state index in [4.69, 9.17) is 0 Å². The van der Waals surface area contributed by atoms with E-state index in [2.05, 4.69) is 52.5 Å². The molecule has 1 heteroatoms. The molecule has 0 unspecified atom stereocenters. The molecule has 0 spiro atoms. The van der Waals surface area contributed by atoms with Crippen molar-refractivity contribution >= 4 is 11.9 Å². The van der Waals surface area contributed by atoms with Crippen molar-refractivity contribution in [2.45, 2.75) is 64.7 Å². The minimum Gasteiger partial charge on any atom is -0.294 e. The van der Waals surface area contributed by atoms with Crippen LogP contribution >= 0.6 is 0 Å². The lowest BCUT2D eigenvalue weighted by molar-refractivity contribution is 0.0994. The van der Waals surface area contributed by atoms with Crippen molar-refractivity contribution in [2.75, 3.05) is 0 Å². The predicted octanol–water partition coefficient (Wildman–Crippen LogP) is 9.01. The quantitative estimate of drug-likeness (QED) is 0.369.